The predicted molar refractivity (Wildman–Crippen MR) is 77.8 cm³/mol. The molecule has 2 aromatic rings. The summed E-state index contributed by atoms with van der Waals surface area (Å²) < 4.78 is 13.9. The van der Waals surface area contributed by atoms with Crippen molar-refractivity contribution in [1.82, 2.24) is 4.98 Å². The van der Waals surface area contributed by atoms with Crippen molar-refractivity contribution in [2.45, 2.75) is 6.42 Å². The minimum atomic E-state index is -0.254. The lowest BCUT2D eigenvalue weighted by Crippen LogP contribution is -2.07. The summed E-state index contributed by atoms with van der Waals surface area (Å²) in [7, 11) is 0. The van der Waals surface area contributed by atoms with E-state index in [2.05, 4.69) is 10.3 Å². The molecular weight excluding hydrogens is 352 g/mol. The van der Waals surface area contributed by atoms with Gasteiger partial charge in [0.2, 0.25) is 0 Å². The number of anilines is 2. The zero-order valence-electron chi connectivity index (χ0n) is 8.91. The fourth-order valence-corrected chi connectivity index (χ4v) is 2.49. The second-order valence-corrected chi connectivity index (χ2v) is 5.39. The van der Waals surface area contributed by atoms with Crippen LogP contribution in [-0.2, 0) is 6.42 Å². The first-order chi connectivity index (χ1) is 8.16. The van der Waals surface area contributed by atoms with Crippen LogP contribution in [0.2, 0.25) is 0 Å². The van der Waals surface area contributed by atoms with E-state index in [0.29, 0.717) is 21.5 Å². The first kappa shape index (κ1) is 12.6. The lowest BCUT2D eigenvalue weighted by Gasteiger charge is -2.09. The molecular formula is C11H11FIN3S. The maximum Gasteiger partial charge on any atom is 0.138 e. The number of halogens is 2. The van der Waals surface area contributed by atoms with Gasteiger partial charge in [-0.15, -0.1) is 11.3 Å². The first-order valence-electron chi connectivity index (χ1n) is 5.02. The quantitative estimate of drug-likeness (QED) is 0.648. The largest absolute Gasteiger partial charge is 0.397 e. The number of benzene rings is 1. The summed E-state index contributed by atoms with van der Waals surface area (Å²) in [5.41, 5.74) is 9.84. The van der Waals surface area contributed by atoms with Gasteiger partial charge in [-0.3, -0.25) is 0 Å². The molecule has 0 atom stereocenters. The van der Waals surface area contributed by atoms with E-state index in [9.17, 15) is 4.39 Å². The summed E-state index contributed by atoms with van der Waals surface area (Å²) in [5.74, 6) is -0.254. The van der Waals surface area contributed by atoms with Crippen LogP contribution in [0.25, 0.3) is 0 Å². The Kier molecular flexibility index (Phi) is 4.16. The van der Waals surface area contributed by atoms with Gasteiger partial charge in [0, 0.05) is 24.4 Å². The number of aromatic nitrogens is 1. The van der Waals surface area contributed by atoms with Crippen LogP contribution in [0, 0.1) is 9.39 Å². The van der Waals surface area contributed by atoms with Crippen LogP contribution in [0.15, 0.2) is 23.0 Å². The monoisotopic (exact) mass is 363 g/mol. The van der Waals surface area contributed by atoms with Crippen LogP contribution in [-0.4, -0.2) is 11.5 Å². The van der Waals surface area contributed by atoms with Gasteiger partial charge >= 0.3 is 0 Å². The van der Waals surface area contributed by atoms with Crippen LogP contribution >= 0.6 is 33.9 Å². The number of nitrogens with zero attached hydrogens (tertiary/aromatic N) is 1. The molecule has 0 fully saturated rings. The molecule has 17 heavy (non-hydrogen) atoms. The SMILES string of the molecule is Nc1cc(I)c(F)cc1NCCc1cscn1. The molecule has 0 radical (unpaired) electrons. The Balaban J connectivity index is 1.97. The molecule has 0 unspecified atom stereocenters. The van der Waals surface area contributed by atoms with Gasteiger partial charge in [-0.2, -0.15) is 0 Å². The summed E-state index contributed by atoms with van der Waals surface area (Å²) in [5, 5.41) is 5.12. The minimum absolute atomic E-state index is 0.254. The molecule has 6 heteroatoms. The average molecular weight is 363 g/mol. The van der Waals surface area contributed by atoms with Gasteiger partial charge in [0.1, 0.15) is 5.82 Å². The third kappa shape index (κ3) is 3.29. The first-order valence-corrected chi connectivity index (χ1v) is 7.04. The van der Waals surface area contributed by atoms with Crippen molar-refractivity contribution >= 4 is 45.3 Å². The Hall–Kier alpha value is -0.890. The van der Waals surface area contributed by atoms with Crippen molar-refractivity contribution in [3.63, 3.8) is 0 Å². The van der Waals surface area contributed by atoms with E-state index in [1.54, 1.807) is 22.9 Å². The van der Waals surface area contributed by atoms with Gasteiger partial charge < -0.3 is 11.1 Å². The number of rotatable bonds is 4. The van der Waals surface area contributed by atoms with E-state index in [4.69, 9.17) is 5.73 Å². The van der Waals surface area contributed by atoms with Crippen molar-refractivity contribution in [3.05, 3.63) is 38.1 Å². The molecule has 0 aliphatic rings. The molecule has 0 spiro atoms. The number of nitrogens with one attached hydrogen (secondary N) is 1. The molecule has 0 bridgehead atoms. The van der Waals surface area contributed by atoms with E-state index >= 15 is 0 Å². The maximum absolute atomic E-state index is 13.3. The van der Waals surface area contributed by atoms with Gasteiger partial charge in [0.15, 0.2) is 0 Å². The Morgan fingerprint density at radius 3 is 3.00 bits per heavy atom. The van der Waals surface area contributed by atoms with Crippen molar-refractivity contribution in [2.24, 2.45) is 0 Å². The molecule has 3 N–H and O–H groups in total. The lowest BCUT2D eigenvalue weighted by molar-refractivity contribution is 0.621. The summed E-state index contributed by atoms with van der Waals surface area (Å²) in [6.07, 6.45) is 0.802. The molecule has 1 heterocycles. The highest BCUT2D eigenvalue weighted by Crippen LogP contribution is 2.23. The van der Waals surface area contributed by atoms with Crippen LogP contribution in [0.3, 0.4) is 0 Å². The molecule has 1 aromatic heterocycles. The molecule has 0 saturated heterocycles. The fourth-order valence-electron chi connectivity index (χ4n) is 1.40. The molecule has 0 saturated carbocycles. The van der Waals surface area contributed by atoms with Crippen LogP contribution in [0.1, 0.15) is 5.69 Å². The highest BCUT2D eigenvalue weighted by Gasteiger charge is 2.05. The normalized spacial score (nSPS) is 10.5. The fraction of sp³-hybridized carbons (Fsp3) is 0.182. The predicted octanol–water partition coefficient (Wildman–Crippen LogP) is 3.12. The summed E-state index contributed by atoms with van der Waals surface area (Å²) >= 11 is 3.49. The third-order valence-corrected chi connectivity index (χ3v) is 3.73. The molecule has 1 aromatic carbocycles. The maximum atomic E-state index is 13.3. The van der Waals surface area contributed by atoms with Crippen molar-refractivity contribution < 1.29 is 4.39 Å². The van der Waals surface area contributed by atoms with Gasteiger partial charge in [-0.1, -0.05) is 0 Å². The molecule has 0 aliphatic heterocycles. The Bertz CT molecular complexity index is 502. The van der Waals surface area contributed by atoms with Crippen molar-refractivity contribution in [3.8, 4) is 0 Å². The number of nitrogens with two attached hydrogens (primary N) is 1. The molecule has 0 amide bonds. The second kappa shape index (κ2) is 5.63. The van der Waals surface area contributed by atoms with Crippen molar-refractivity contribution in [2.75, 3.05) is 17.6 Å². The van der Waals surface area contributed by atoms with Crippen LogP contribution in [0.5, 0.6) is 0 Å². The van der Waals surface area contributed by atoms with E-state index in [1.807, 2.05) is 28.0 Å². The standard InChI is InChI=1S/C11H11FIN3S/c12-8-3-11(10(14)4-9(8)13)15-2-1-7-5-17-6-16-7/h3-6,15H,1-2,14H2. The Labute approximate surface area is 116 Å². The van der Waals surface area contributed by atoms with Gasteiger partial charge in [-0.25, -0.2) is 9.37 Å². The average Bonchev–Trinajstić information content (AvgIpc) is 2.78. The van der Waals surface area contributed by atoms with Crippen LogP contribution < -0.4 is 11.1 Å². The Morgan fingerprint density at radius 2 is 2.29 bits per heavy atom. The molecule has 3 nitrogen and oxygen atoms in total. The molecule has 2 rings (SSSR count). The molecule has 90 valence electrons. The van der Waals surface area contributed by atoms with Gasteiger partial charge in [0.05, 0.1) is 26.1 Å². The highest BCUT2D eigenvalue weighted by molar-refractivity contribution is 14.1. The summed E-state index contributed by atoms with van der Waals surface area (Å²) in [4.78, 5) is 4.17. The highest BCUT2D eigenvalue weighted by atomic mass is 127. The van der Waals surface area contributed by atoms with E-state index < -0.39 is 0 Å². The number of hydrogen-bond acceptors (Lipinski definition) is 4. The minimum Gasteiger partial charge on any atom is -0.397 e. The van der Waals surface area contributed by atoms with Crippen LogP contribution in [0.4, 0.5) is 15.8 Å². The second-order valence-electron chi connectivity index (χ2n) is 3.51. The van der Waals surface area contributed by atoms with E-state index in [0.717, 1.165) is 12.1 Å². The topological polar surface area (TPSA) is 50.9 Å². The molecule has 0 aliphatic carbocycles. The van der Waals surface area contributed by atoms with E-state index in [1.165, 1.54) is 6.07 Å². The van der Waals surface area contributed by atoms with Gasteiger partial charge in [-0.05, 0) is 28.7 Å². The van der Waals surface area contributed by atoms with Crippen molar-refractivity contribution in [1.29, 1.82) is 0 Å². The lowest BCUT2D eigenvalue weighted by atomic mass is 10.2. The van der Waals surface area contributed by atoms with E-state index in [-0.39, 0.29) is 5.82 Å². The Morgan fingerprint density at radius 1 is 1.47 bits per heavy atom. The summed E-state index contributed by atoms with van der Waals surface area (Å²) in [6.45, 7) is 0.688. The number of thiazole rings is 1. The third-order valence-electron chi connectivity index (χ3n) is 2.27. The zero-order valence-corrected chi connectivity index (χ0v) is 11.9. The zero-order chi connectivity index (χ0) is 12.3. The number of hydrogen-bond donors (Lipinski definition) is 2. The summed E-state index contributed by atoms with van der Waals surface area (Å²) in [6, 6.07) is 3.05. The smallest absolute Gasteiger partial charge is 0.138 e. The number of nitrogen functional groups attached to an aromatic ring is 1. The van der Waals surface area contributed by atoms with Gasteiger partial charge in [0.25, 0.3) is 0 Å².